The highest BCUT2D eigenvalue weighted by molar-refractivity contribution is 7.88. The zero-order valence-electron chi connectivity index (χ0n) is 18.9. The van der Waals surface area contributed by atoms with E-state index < -0.39 is 10.0 Å². The van der Waals surface area contributed by atoms with Crippen LogP contribution in [0.2, 0.25) is 5.02 Å². The second kappa shape index (κ2) is 10.0. The lowest BCUT2D eigenvalue weighted by Crippen LogP contribution is -2.44. The molecule has 3 aromatic rings. The topological polar surface area (TPSA) is 120 Å². The summed E-state index contributed by atoms with van der Waals surface area (Å²) < 4.78 is 31.0. The molecule has 34 heavy (non-hydrogen) atoms. The molecule has 1 saturated heterocycles. The van der Waals surface area contributed by atoms with Crippen LogP contribution in [0.4, 0.5) is 11.5 Å². The van der Waals surface area contributed by atoms with Gasteiger partial charge in [0, 0.05) is 42.1 Å². The summed E-state index contributed by atoms with van der Waals surface area (Å²) in [7, 11) is -1.68. The fourth-order valence-corrected chi connectivity index (χ4v) is 5.29. The number of hydrogen-bond donors (Lipinski definition) is 2. The van der Waals surface area contributed by atoms with Gasteiger partial charge in [0.05, 0.1) is 36.2 Å². The molecule has 1 aliphatic rings. The summed E-state index contributed by atoms with van der Waals surface area (Å²) in [6.45, 7) is 1.78. The van der Waals surface area contributed by atoms with Gasteiger partial charge in [-0.3, -0.25) is 0 Å². The number of benzene rings is 2. The molecule has 0 aliphatic carbocycles. The molecule has 0 bridgehead atoms. The van der Waals surface area contributed by atoms with Crippen molar-refractivity contribution in [1.29, 1.82) is 5.26 Å². The van der Waals surface area contributed by atoms with Crippen molar-refractivity contribution >= 4 is 43.9 Å². The molecule has 0 spiro atoms. The molecular formula is C23H25ClN6O3S. The fraction of sp³-hybridized carbons (Fsp3) is 0.348. The van der Waals surface area contributed by atoms with Crippen LogP contribution in [0.3, 0.4) is 0 Å². The molecule has 2 heterocycles. The van der Waals surface area contributed by atoms with Gasteiger partial charge in [-0.15, -0.1) is 5.10 Å². The molecule has 0 saturated carbocycles. The van der Waals surface area contributed by atoms with E-state index in [1.54, 1.807) is 19.4 Å². The summed E-state index contributed by atoms with van der Waals surface area (Å²) in [4.78, 5) is 2.17. The monoisotopic (exact) mass is 500 g/mol. The first-order chi connectivity index (χ1) is 16.3. The molecule has 11 heteroatoms. The smallest absolute Gasteiger partial charge is 0.208 e. The quantitative estimate of drug-likeness (QED) is 0.507. The van der Waals surface area contributed by atoms with Crippen LogP contribution < -0.4 is 19.7 Å². The molecule has 4 rings (SSSR count). The minimum absolute atomic E-state index is 0.0926. The van der Waals surface area contributed by atoms with Crippen LogP contribution in [-0.4, -0.2) is 51.1 Å². The molecule has 1 aromatic heterocycles. The number of nitrogens with zero attached hydrogens (tertiary/aromatic N) is 4. The van der Waals surface area contributed by atoms with Crippen LogP contribution >= 0.6 is 11.6 Å². The number of halogens is 1. The molecule has 0 amide bonds. The SMILES string of the molecule is COc1ccc(CNc2nncc3c(N4CCC(NS(C)(=O)=O)CC4)cc(C#N)cc23)cc1Cl. The number of nitriles is 1. The number of piperidine rings is 1. The summed E-state index contributed by atoms with van der Waals surface area (Å²) >= 11 is 6.24. The van der Waals surface area contributed by atoms with Gasteiger partial charge in [0.2, 0.25) is 10.0 Å². The van der Waals surface area contributed by atoms with Gasteiger partial charge >= 0.3 is 0 Å². The summed E-state index contributed by atoms with van der Waals surface area (Å²) in [6, 6.07) is 11.3. The Bertz CT molecular complexity index is 1350. The Hall–Kier alpha value is -3.13. The minimum atomic E-state index is -3.25. The summed E-state index contributed by atoms with van der Waals surface area (Å²) in [6.07, 6.45) is 4.22. The first kappa shape index (κ1) is 24.0. The zero-order valence-corrected chi connectivity index (χ0v) is 20.4. The highest BCUT2D eigenvalue weighted by Crippen LogP contribution is 2.33. The Morgan fingerprint density at radius 3 is 2.65 bits per heavy atom. The molecule has 2 aromatic carbocycles. The maximum absolute atomic E-state index is 11.6. The van der Waals surface area contributed by atoms with Crippen LogP contribution in [0.1, 0.15) is 24.0 Å². The normalized spacial score (nSPS) is 14.7. The van der Waals surface area contributed by atoms with Gasteiger partial charge in [0.25, 0.3) is 0 Å². The van der Waals surface area contributed by atoms with Crippen LogP contribution in [0.5, 0.6) is 5.75 Å². The van der Waals surface area contributed by atoms with Gasteiger partial charge in [0.1, 0.15) is 5.75 Å². The lowest BCUT2D eigenvalue weighted by molar-refractivity contribution is 0.415. The third kappa shape index (κ3) is 5.50. The number of fused-ring (bicyclic) bond motifs is 1. The van der Waals surface area contributed by atoms with E-state index in [9.17, 15) is 13.7 Å². The minimum Gasteiger partial charge on any atom is -0.495 e. The van der Waals surface area contributed by atoms with Crippen molar-refractivity contribution < 1.29 is 13.2 Å². The predicted octanol–water partition coefficient (Wildman–Crippen LogP) is 3.29. The second-order valence-electron chi connectivity index (χ2n) is 8.24. The Morgan fingerprint density at radius 1 is 1.24 bits per heavy atom. The van der Waals surface area contributed by atoms with E-state index in [0.29, 0.717) is 54.6 Å². The zero-order chi connectivity index (χ0) is 24.3. The largest absolute Gasteiger partial charge is 0.495 e. The maximum Gasteiger partial charge on any atom is 0.208 e. The van der Waals surface area contributed by atoms with Crippen molar-refractivity contribution in [1.82, 2.24) is 14.9 Å². The molecule has 178 valence electrons. The van der Waals surface area contributed by atoms with Crippen molar-refractivity contribution in [2.75, 3.05) is 36.7 Å². The van der Waals surface area contributed by atoms with Crippen LogP contribution in [0, 0.1) is 11.3 Å². The van der Waals surface area contributed by atoms with Crippen molar-refractivity contribution in [3.05, 3.63) is 52.7 Å². The van der Waals surface area contributed by atoms with E-state index in [1.807, 2.05) is 24.3 Å². The molecule has 1 aliphatic heterocycles. The van der Waals surface area contributed by atoms with Crippen molar-refractivity contribution in [3.8, 4) is 11.8 Å². The van der Waals surface area contributed by atoms with Crippen LogP contribution in [0.25, 0.3) is 10.8 Å². The van der Waals surface area contributed by atoms with E-state index in [2.05, 4.69) is 31.2 Å². The Balaban J connectivity index is 1.60. The Kier molecular flexibility index (Phi) is 7.07. The average molecular weight is 501 g/mol. The summed E-state index contributed by atoms with van der Waals surface area (Å²) in [5.74, 6) is 1.17. The fourth-order valence-electron chi connectivity index (χ4n) is 4.17. The van der Waals surface area contributed by atoms with Crippen molar-refractivity contribution in [2.45, 2.75) is 25.4 Å². The van der Waals surface area contributed by atoms with Crippen molar-refractivity contribution in [3.63, 3.8) is 0 Å². The van der Waals surface area contributed by atoms with E-state index in [4.69, 9.17) is 16.3 Å². The van der Waals surface area contributed by atoms with Gasteiger partial charge in [-0.2, -0.15) is 10.4 Å². The number of sulfonamides is 1. The molecular weight excluding hydrogens is 476 g/mol. The number of rotatable bonds is 7. The van der Waals surface area contributed by atoms with Gasteiger partial charge in [-0.25, -0.2) is 13.1 Å². The molecule has 0 atom stereocenters. The molecule has 0 radical (unpaired) electrons. The Labute approximate surface area is 203 Å². The van der Waals surface area contributed by atoms with Gasteiger partial charge in [-0.05, 0) is 42.7 Å². The molecule has 9 nitrogen and oxygen atoms in total. The lowest BCUT2D eigenvalue weighted by Gasteiger charge is -2.34. The first-order valence-corrected chi connectivity index (χ1v) is 13.0. The average Bonchev–Trinajstić information content (AvgIpc) is 2.81. The van der Waals surface area contributed by atoms with Crippen LogP contribution in [0.15, 0.2) is 36.5 Å². The molecule has 0 unspecified atom stereocenters. The van der Waals surface area contributed by atoms with Crippen LogP contribution in [-0.2, 0) is 16.6 Å². The number of hydrogen-bond acceptors (Lipinski definition) is 8. The van der Waals surface area contributed by atoms with Gasteiger partial charge in [-0.1, -0.05) is 17.7 Å². The third-order valence-electron chi connectivity index (χ3n) is 5.78. The summed E-state index contributed by atoms with van der Waals surface area (Å²) in [5, 5.41) is 23.6. The highest BCUT2D eigenvalue weighted by atomic mass is 35.5. The molecule has 2 N–H and O–H groups in total. The number of anilines is 2. The predicted molar refractivity (Wildman–Crippen MR) is 133 cm³/mol. The number of nitrogens with one attached hydrogen (secondary N) is 2. The lowest BCUT2D eigenvalue weighted by atomic mass is 10.0. The molecule has 1 fully saturated rings. The summed E-state index contributed by atoms with van der Waals surface area (Å²) in [5.41, 5.74) is 2.35. The number of aromatic nitrogens is 2. The van der Waals surface area contributed by atoms with E-state index >= 15 is 0 Å². The van der Waals surface area contributed by atoms with E-state index in [-0.39, 0.29) is 6.04 Å². The highest BCUT2D eigenvalue weighted by Gasteiger charge is 2.24. The van der Waals surface area contributed by atoms with Gasteiger partial charge < -0.3 is 15.0 Å². The van der Waals surface area contributed by atoms with E-state index in [1.165, 1.54) is 6.26 Å². The Morgan fingerprint density at radius 2 is 2.00 bits per heavy atom. The number of methoxy groups -OCH3 is 1. The standard InChI is InChI=1S/C23H25ClN6O3S/c1-33-22-4-3-15(10-20(22)24)13-26-23-18-9-16(12-25)11-21(19(18)14-27-28-23)30-7-5-17(6-8-30)29-34(2,31)32/h3-4,9-11,14,17,29H,5-8,13H2,1-2H3,(H,26,28). The van der Waals surface area contributed by atoms with Gasteiger partial charge in [0.15, 0.2) is 5.82 Å². The first-order valence-electron chi connectivity index (χ1n) is 10.8. The second-order valence-corrected chi connectivity index (χ2v) is 10.4. The van der Waals surface area contributed by atoms with E-state index in [0.717, 1.165) is 22.0 Å². The number of ether oxygens (including phenoxy) is 1. The third-order valence-corrected chi connectivity index (χ3v) is 6.84. The van der Waals surface area contributed by atoms with Crippen molar-refractivity contribution in [2.24, 2.45) is 0 Å². The maximum atomic E-state index is 11.6.